The van der Waals surface area contributed by atoms with E-state index in [0.29, 0.717) is 23.6 Å². The van der Waals surface area contributed by atoms with Crippen molar-refractivity contribution in [2.24, 2.45) is 0 Å². The molecule has 8 heteroatoms. The number of carbonyl (C=O) groups is 1. The lowest BCUT2D eigenvalue weighted by atomic mass is 10.2. The number of anilines is 1. The third-order valence-electron chi connectivity index (χ3n) is 5.40. The Morgan fingerprint density at radius 1 is 1.31 bits per heavy atom. The topological polar surface area (TPSA) is 79.0 Å². The number of nitriles is 1. The van der Waals surface area contributed by atoms with Crippen LogP contribution in [0.2, 0.25) is 0 Å². The quantitative estimate of drug-likeness (QED) is 0.314. The van der Waals surface area contributed by atoms with Crippen LogP contribution in [0.5, 0.6) is 0 Å². The van der Waals surface area contributed by atoms with Crippen molar-refractivity contribution < 1.29 is 4.79 Å². The average Bonchev–Trinajstić information content (AvgIpc) is 3.07. The molecule has 0 radical (unpaired) electrons. The zero-order valence-corrected chi connectivity index (χ0v) is 20.6. The number of benzene rings is 1. The maximum Gasteiger partial charge on any atom is 0.263 e. The molecule has 6 nitrogen and oxygen atoms in total. The average molecular weight is 469 g/mol. The van der Waals surface area contributed by atoms with E-state index in [0.717, 1.165) is 33.8 Å². The fourth-order valence-electron chi connectivity index (χ4n) is 3.48. The third-order valence-corrected chi connectivity index (χ3v) is 7.58. The van der Waals surface area contributed by atoms with Crippen LogP contribution in [-0.4, -0.2) is 27.3 Å². The Hall–Kier alpha value is -2.63. The number of fused-ring (bicyclic) bond motifs is 1. The van der Waals surface area contributed by atoms with Crippen molar-refractivity contribution in [2.75, 3.05) is 11.4 Å². The summed E-state index contributed by atoms with van der Waals surface area (Å²) >= 11 is 2.83. The van der Waals surface area contributed by atoms with Crippen LogP contribution in [0.3, 0.4) is 0 Å². The van der Waals surface area contributed by atoms with E-state index in [4.69, 9.17) is 10.2 Å². The number of rotatable bonds is 9. The van der Waals surface area contributed by atoms with E-state index in [2.05, 4.69) is 13.0 Å². The molecule has 1 amide bonds. The van der Waals surface area contributed by atoms with Crippen LogP contribution >= 0.6 is 23.1 Å². The van der Waals surface area contributed by atoms with Crippen LogP contribution < -0.4 is 10.5 Å². The molecule has 1 aromatic carbocycles. The minimum Gasteiger partial charge on any atom is -0.310 e. The molecule has 2 heterocycles. The number of hydrogen-bond donors (Lipinski definition) is 0. The number of hydrogen-bond acceptors (Lipinski definition) is 6. The maximum atomic E-state index is 13.4. The first-order valence-corrected chi connectivity index (χ1v) is 12.5. The van der Waals surface area contributed by atoms with Gasteiger partial charge in [-0.1, -0.05) is 43.3 Å². The number of thiophene rings is 1. The Labute approximate surface area is 196 Å². The van der Waals surface area contributed by atoms with Crippen LogP contribution in [0.15, 0.2) is 40.3 Å². The molecular weight excluding hydrogens is 440 g/mol. The van der Waals surface area contributed by atoms with E-state index in [1.54, 1.807) is 9.47 Å². The van der Waals surface area contributed by atoms with Gasteiger partial charge in [-0.2, -0.15) is 5.26 Å². The van der Waals surface area contributed by atoms with Crippen molar-refractivity contribution in [1.82, 2.24) is 9.55 Å². The van der Waals surface area contributed by atoms with Gasteiger partial charge in [0.05, 0.1) is 23.1 Å². The molecule has 0 bridgehead atoms. The first kappa shape index (κ1) is 24.0. The largest absolute Gasteiger partial charge is 0.310 e. The monoisotopic (exact) mass is 468 g/mol. The van der Waals surface area contributed by atoms with Crippen LogP contribution in [-0.2, 0) is 11.3 Å². The molecule has 0 aliphatic carbocycles. The number of aromatic nitrogens is 2. The van der Waals surface area contributed by atoms with Gasteiger partial charge in [0.1, 0.15) is 4.83 Å². The Bertz CT molecular complexity index is 1190. The lowest BCUT2D eigenvalue weighted by molar-refractivity contribution is -0.117. The van der Waals surface area contributed by atoms with Gasteiger partial charge in [-0.3, -0.25) is 14.2 Å². The van der Waals surface area contributed by atoms with Gasteiger partial charge >= 0.3 is 0 Å². The van der Waals surface area contributed by atoms with E-state index < -0.39 is 5.25 Å². The number of aryl methyl sites for hydroxylation is 2. The second-order valence-corrected chi connectivity index (χ2v) is 10.2. The minimum atomic E-state index is -0.465. The zero-order valence-electron chi connectivity index (χ0n) is 18.9. The molecule has 0 saturated heterocycles. The van der Waals surface area contributed by atoms with Gasteiger partial charge in [-0.25, -0.2) is 4.98 Å². The standard InChI is InChI=1S/C24H28N4O2S2/c1-5-6-14-28-23(30)20-16(2)17(3)31-21(20)26-24(28)32-18(4)22(29)27(15-10-13-25)19-11-8-7-9-12-19/h7-9,11-12,18H,5-6,10,14-15H2,1-4H3. The van der Waals surface area contributed by atoms with E-state index in [9.17, 15) is 9.59 Å². The summed E-state index contributed by atoms with van der Waals surface area (Å²) in [5.41, 5.74) is 1.72. The Balaban J connectivity index is 1.97. The first-order valence-electron chi connectivity index (χ1n) is 10.8. The van der Waals surface area contributed by atoms with Crippen molar-refractivity contribution in [3.05, 3.63) is 51.1 Å². The lowest BCUT2D eigenvalue weighted by Gasteiger charge is -2.25. The molecule has 0 fully saturated rings. The Morgan fingerprint density at radius 3 is 2.69 bits per heavy atom. The molecule has 168 valence electrons. The third kappa shape index (κ3) is 5.05. The van der Waals surface area contributed by atoms with E-state index in [-0.39, 0.29) is 17.9 Å². The van der Waals surface area contributed by atoms with Crippen molar-refractivity contribution in [2.45, 2.75) is 63.9 Å². The lowest BCUT2D eigenvalue weighted by Crippen LogP contribution is -2.37. The number of para-hydroxylation sites is 1. The number of carbonyl (C=O) groups excluding carboxylic acids is 1. The summed E-state index contributed by atoms with van der Waals surface area (Å²) in [5, 5.41) is 9.85. The molecule has 3 rings (SSSR count). The number of nitrogens with zero attached hydrogens (tertiary/aromatic N) is 4. The molecule has 32 heavy (non-hydrogen) atoms. The summed E-state index contributed by atoms with van der Waals surface area (Å²) in [5.74, 6) is -0.105. The summed E-state index contributed by atoms with van der Waals surface area (Å²) in [4.78, 5) is 35.0. The normalized spacial score (nSPS) is 12.0. The smallest absolute Gasteiger partial charge is 0.263 e. The molecule has 2 aromatic heterocycles. The van der Waals surface area contributed by atoms with Gasteiger partial charge in [0.2, 0.25) is 5.91 Å². The Morgan fingerprint density at radius 2 is 2.03 bits per heavy atom. The summed E-state index contributed by atoms with van der Waals surface area (Å²) in [6.45, 7) is 8.79. The second-order valence-electron chi connectivity index (χ2n) is 7.66. The molecule has 3 aromatic rings. The van der Waals surface area contributed by atoms with E-state index in [1.807, 2.05) is 51.1 Å². The summed E-state index contributed by atoms with van der Waals surface area (Å²) in [6.07, 6.45) is 2.07. The van der Waals surface area contributed by atoms with Crippen LogP contribution in [0.25, 0.3) is 10.2 Å². The fourth-order valence-corrected chi connectivity index (χ4v) is 5.54. The fraction of sp³-hybridized carbons (Fsp3) is 0.417. The van der Waals surface area contributed by atoms with Gasteiger partial charge in [0.15, 0.2) is 5.16 Å². The van der Waals surface area contributed by atoms with E-state index in [1.165, 1.54) is 23.1 Å². The number of unbranched alkanes of at least 4 members (excludes halogenated alkanes) is 1. The molecule has 0 spiro atoms. The van der Waals surface area contributed by atoms with Gasteiger partial charge in [0, 0.05) is 23.7 Å². The highest BCUT2D eigenvalue weighted by atomic mass is 32.2. The van der Waals surface area contributed by atoms with Gasteiger partial charge in [0.25, 0.3) is 5.56 Å². The minimum absolute atomic E-state index is 0.0307. The second kappa shape index (κ2) is 10.8. The number of amides is 1. The van der Waals surface area contributed by atoms with Crippen LogP contribution in [0.4, 0.5) is 5.69 Å². The molecular formula is C24H28N4O2S2. The van der Waals surface area contributed by atoms with E-state index >= 15 is 0 Å². The predicted molar refractivity (Wildman–Crippen MR) is 133 cm³/mol. The van der Waals surface area contributed by atoms with Crippen LogP contribution in [0.1, 0.15) is 43.6 Å². The summed E-state index contributed by atoms with van der Waals surface area (Å²) in [6, 6.07) is 11.5. The van der Waals surface area contributed by atoms with Gasteiger partial charge in [-0.05, 0) is 44.9 Å². The number of thioether (sulfide) groups is 1. The summed E-state index contributed by atoms with van der Waals surface area (Å²) < 4.78 is 1.72. The Kier molecular flexibility index (Phi) is 8.10. The maximum absolute atomic E-state index is 13.4. The van der Waals surface area contributed by atoms with Crippen LogP contribution in [0, 0.1) is 25.2 Å². The van der Waals surface area contributed by atoms with Crippen molar-refractivity contribution in [3.8, 4) is 6.07 Å². The first-order chi connectivity index (χ1) is 15.4. The molecule has 1 atom stereocenters. The molecule has 0 aliphatic heterocycles. The summed E-state index contributed by atoms with van der Waals surface area (Å²) in [7, 11) is 0. The van der Waals surface area contributed by atoms with Gasteiger partial charge in [-0.15, -0.1) is 11.3 Å². The SMILES string of the molecule is CCCCn1c(SC(C)C(=O)N(CCC#N)c2ccccc2)nc2sc(C)c(C)c2c1=O. The predicted octanol–water partition coefficient (Wildman–Crippen LogP) is 5.30. The molecule has 1 unspecified atom stereocenters. The van der Waals surface area contributed by atoms with Crippen molar-refractivity contribution >= 4 is 44.9 Å². The highest BCUT2D eigenvalue weighted by Crippen LogP contribution is 2.31. The highest BCUT2D eigenvalue weighted by molar-refractivity contribution is 8.00. The van der Waals surface area contributed by atoms with Gasteiger partial charge < -0.3 is 4.90 Å². The van der Waals surface area contributed by atoms with Crippen molar-refractivity contribution in [1.29, 1.82) is 5.26 Å². The highest BCUT2D eigenvalue weighted by Gasteiger charge is 2.25. The zero-order chi connectivity index (χ0) is 23.3. The molecule has 0 aliphatic rings. The molecule has 0 N–H and O–H groups in total. The van der Waals surface area contributed by atoms with Crippen molar-refractivity contribution in [3.63, 3.8) is 0 Å². The molecule has 0 saturated carbocycles.